The van der Waals surface area contributed by atoms with Crippen molar-refractivity contribution >= 4 is 38.7 Å². The molecule has 0 spiro atoms. The van der Waals surface area contributed by atoms with E-state index >= 15 is 0 Å². The molecule has 4 nitrogen and oxygen atoms in total. The fourth-order valence-corrected chi connectivity index (χ4v) is 2.99. The van der Waals surface area contributed by atoms with Crippen LogP contribution in [0.15, 0.2) is 36.4 Å². The number of hydrogen-bond acceptors (Lipinski definition) is 3. The highest BCUT2D eigenvalue weighted by molar-refractivity contribution is 7.92. The van der Waals surface area contributed by atoms with Crippen molar-refractivity contribution in [3.8, 4) is 0 Å². The number of rotatable bonds is 4. The molecule has 2 N–H and O–H groups in total. The van der Waals surface area contributed by atoms with Crippen LogP contribution < -0.4 is 10.0 Å². The molecule has 0 aliphatic carbocycles. The van der Waals surface area contributed by atoms with Gasteiger partial charge in [-0.3, -0.25) is 4.72 Å². The van der Waals surface area contributed by atoms with E-state index in [4.69, 9.17) is 11.6 Å². The molecular weight excluding hydrogens is 308 g/mol. The first-order valence-electron chi connectivity index (χ1n) is 6.36. The van der Waals surface area contributed by atoms with Gasteiger partial charge in [0.1, 0.15) is 0 Å². The largest absolute Gasteiger partial charge is 0.354 e. The number of sulfonamides is 1. The molecule has 2 rings (SSSR count). The summed E-state index contributed by atoms with van der Waals surface area (Å²) in [6, 6.07) is 10.9. The zero-order valence-corrected chi connectivity index (χ0v) is 13.6. The predicted molar refractivity (Wildman–Crippen MR) is 89.1 cm³/mol. The molecule has 2 aromatic carbocycles. The van der Waals surface area contributed by atoms with Crippen molar-refractivity contribution in [2.45, 2.75) is 13.8 Å². The molecule has 0 aliphatic rings. The fraction of sp³-hybridized carbons (Fsp3) is 0.200. The second-order valence-corrected chi connectivity index (χ2v) is 7.17. The Morgan fingerprint density at radius 3 is 2.10 bits per heavy atom. The third-order valence-corrected chi connectivity index (χ3v) is 3.79. The van der Waals surface area contributed by atoms with E-state index in [0.29, 0.717) is 10.7 Å². The predicted octanol–water partition coefficient (Wildman–Crippen LogP) is 4.07. The van der Waals surface area contributed by atoms with E-state index in [1.54, 1.807) is 24.3 Å². The average Bonchev–Trinajstić information content (AvgIpc) is 2.34. The van der Waals surface area contributed by atoms with Crippen molar-refractivity contribution in [2.24, 2.45) is 0 Å². The summed E-state index contributed by atoms with van der Waals surface area (Å²) < 4.78 is 24.7. The van der Waals surface area contributed by atoms with E-state index in [9.17, 15) is 8.42 Å². The zero-order chi connectivity index (χ0) is 15.6. The van der Waals surface area contributed by atoms with E-state index in [1.165, 1.54) is 0 Å². The average molecular weight is 325 g/mol. The van der Waals surface area contributed by atoms with Gasteiger partial charge in [-0.25, -0.2) is 8.42 Å². The summed E-state index contributed by atoms with van der Waals surface area (Å²) in [6.45, 7) is 3.98. The normalized spacial score (nSPS) is 11.2. The number of anilines is 3. The second kappa shape index (κ2) is 5.95. The summed E-state index contributed by atoms with van der Waals surface area (Å²) >= 11 is 6.25. The lowest BCUT2D eigenvalue weighted by molar-refractivity contribution is 0.607. The van der Waals surface area contributed by atoms with Crippen molar-refractivity contribution in [3.05, 3.63) is 52.5 Å². The van der Waals surface area contributed by atoms with E-state index < -0.39 is 10.0 Å². The van der Waals surface area contributed by atoms with E-state index in [1.807, 2.05) is 26.0 Å². The maximum absolute atomic E-state index is 11.2. The summed E-state index contributed by atoms with van der Waals surface area (Å²) in [7, 11) is -3.26. The summed E-state index contributed by atoms with van der Waals surface area (Å²) in [5.41, 5.74) is 4.37. The molecule has 0 bridgehead atoms. The van der Waals surface area contributed by atoms with Crippen molar-refractivity contribution in [1.29, 1.82) is 0 Å². The van der Waals surface area contributed by atoms with Crippen LogP contribution in [0.25, 0.3) is 0 Å². The number of nitrogens with one attached hydrogen (secondary N) is 2. The van der Waals surface area contributed by atoms with Crippen molar-refractivity contribution in [3.63, 3.8) is 0 Å². The zero-order valence-electron chi connectivity index (χ0n) is 12.1. The number of hydrogen-bond donors (Lipinski definition) is 2. The van der Waals surface area contributed by atoms with Crippen LogP contribution in [0.4, 0.5) is 17.1 Å². The van der Waals surface area contributed by atoms with Crippen LogP contribution in [-0.2, 0) is 10.0 Å². The number of halogens is 1. The molecule has 0 unspecified atom stereocenters. The number of aryl methyl sites for hydroxylation is 2. The van der Waals surface area contributed by atoms with Gasteiger partial charge in [-0.15, -0.1) is 0 Å². The topological polar surface area (TPSA) is 58.2 Å². The molecule has 0 aromatic heterocycles. The van der Waals surface area contributed by atoms with E-state index in [-0.39, 0.29) is 0 Å². The maximum atomic E-state index is 11.2. The minimum atomic E-state index is -3.26. The van der Waals surface area contributed by atoms with Crippen LogP contribution in [0.5, 0.6) is 0 Å². The van der Waals surface area contributed by atoms with E-state index in [0.717, 1.165) is 28.8 Å². The Labute approximate surface area is 130 Å². The molecular formula is C15H17ClN2O2S. The minimum Gasteiger partial charge on any atom is -0.354 e. The van der Waals surface area contributed by atoms with Gasteiger partial charge in [-0.05, 0) is 55.3 Å². The van der Waals surface area contributed by atoms with Crippen molar-refractivity contribution in [2.75, 3.05) is 16.3 Å². The van der Waals surface area contributed by atoms with Gasteiger partial charge in [0.05, 0.1) is 17.0 Å². The van der Waals surface area contributed by atoms with Gasteiger partial charge in [-0.1, -0.05) is 17.7 Å². The molecule has 0 saturated carbocycles. The lowest BCUT2D eigenvalue weighted by Crippen LogP contribution is -2.09. The van der Waals surface area contributed by atoms with Gasteiger partial charge in [0.15, 0.2) is 0 Å². The highest BCUT2D eigenvalue weighted by atomic mass is 35.5. The van der Waals surface area contributed by atoms with Crippen LogP contribution in [0.1, 0.15) is 11.1 Å². The van der Waals surface area contributed by atoms with Crippen LogP contribution in [0.2, 0.25) is 5.02 Å². The monoisotopic (exact) mass is 324 g/mol. The first-order valence-corrected chi connectivity index (χ1v) is 8.63. The first-order chi connectivity index (χ1) is 9.74. The van der Waals surface area contributed by atoms with Crippen LogP contribution >= 0.6 is 11.6 Å². The van der Waals surface area contributed by atoms with Gasteiger partial charge in [0.25, 0.3) is 0 Å². The SMILES string of the molecule is Cc1cc(C)c(Nc2ccc(NS(C)(=O)=O)cc2)c(Cl)c1. The third kappa shape index (κ3) is 4.37. The summed E-state index contributed by atoms with van der Waals surface area (Å²) in [4.78, 5) is 0. The summed E-state index contributed by atoms with van der Waals surface area (Å²) in [5, 5.41) is 3.91. The summed E-state index contributed by atoms with van der Waals surface area (Å²) in [5.74, 6) is 0. The Morgan fingerprint density at radius 2 is 1.57 bits per heavy atom. The molecule has 0 aliphatic heterocycles. The quantitative estimate of drug-likeness (QED) is 0.891. The molecule has 0 radical (unpaired) electrons. The number of benzene rings is 2. The molecule has 21 heavy (non-hydrogen) atoms. The van der Waals surface area contributed by atoms with Crippen molar-refractivity contribution in [1.82, 2.24) is 0 Å². The molecule has 2 aromatic rings. The summed E-state index contributed by atoms with van der Waals surface area (Å²) in [6.07, 6.45) is 1.12. The fourth-order valence-electron chi connectivity index (χ4n) is 2.05. The molecule has 112 valence electrons. The molecule has 6 heteroatoms. The second-order valence-electron chi connectivity index (χ2n) is 5.02. The standard InChI is InChI=1S/C15H17ClN2O2S/c1-10-8-11(2)15(14(16)9-10)17-12-4-6-13(7-5-12)18-21(3,19)20/h4-9,17-18H,1-3H3. The van der Waals surface area contributed by atoms with E-state index in [2.05, 4.69) is 10.0 Å². The molecule has 0 amide bonds. The van der Waals surface area contributed by atoms with Gasteiger partial charge < -0.3 is 5.32 Å². The first kappa shape index (κ1) is 15.7. The van der Waals surface area contributed by atoms with Crippen LogP contribution in [-0.4, -0.2) is 14.7 Å². The Balaban J connectivity index is 2.21. The van der Waals surface area contributed by atoms with Gasteiger partial charge in [0.2, 0.25) is 10.0 Å². The minimum absolute atomic E-state index is 0.523. The molecule has 0 heterocycles. The van der Waals surface area contributed by atoms with Crippen molar-refractivity contribution < 1.29 is 8.42 Å². The molecule has 0 atom stereocenters. The van der Waals surface area contributed by atoms with Gasteiger partial charge in [-0.2, -0.15) is 0 Å². The smallest absolute Gasteiger partial charge is 0.229 e. The molecule has 0 saturated heterocycles. The lowest BCUT2D eigenvalue weighted by Gasteiger charge is -2.13. The molecule has 0 fully saturated rings. The van der Waals surface area contributed by atoms with Crippen LogP contribution in [0, 0.1) is 13.8 Å². The Bertz CT molecular complexity index is 733. The lowest BCUT2D eigenvalue weighted by atomic mass is 10.1. The Hall–Kier alpha value is -1.72. The van der Waals surface area contributed by atoms with Gasteiger partial charge in [0, 0.05) is 11.4 Å². The Morgan fingerprint density at radius 1 is 1.00 bits per heavy atom. The third-order valence-electron chi connectivity index (χ3n) is 2.89. The maximum Gasteiger partial charge on any atom is 0.229 e. The van der Waals surface area contributed by atoms with Crippen LogP contribution in [0.3, 0.4) is 0 Å². The highest BCUT2D eigenvalue weighted by Gasteiger charge is 2.06. The highest BCUT2D eigenvalue weighted by Crippen LogP contribution is 2.30. The van der Waals surface area contributed by atoms with Gasteiger partial charge >= 0.3 is 0 Å². The Kier molecular flexibility index (Phi) is 4.44.